The number of halogens is 1. The van der Waals surface area contributed by atoms with Gasteiger partial charge in [0.25, 0.3) is 0 Å². The molecule has 4 heterocycles. The molecule has 0 spiro atoms. The molecule has 2 aromatic carbocycles. The van der Waals surface area contributed by atoms with Crippen molar-refractivity contribution in [2.24, 2.45) is 0 Å². The van der Waals surface area contributed by atoms with E-state index >= 15 is 4.39 Å². The summed E-state index contributed by atoms with van der Waals surface area (Å²) in [5, 5.41) is 10.3. The van der Waals surface area contributed by atoms with E-state index < -0.39 is 22.8 Å². The van der Waals surface area contributed by atoms with E-state index in [1.807, 2.05) is 23.1 Å². The van der Waals surface area contributed by atoms with E-state index in [0.717, 1.165) is 27.2 Å². The Bertz CT molecular complexity index is 1640. The lowest BCUT2D eigenvalue weighted by atomic mass is 10.1. The maximum Gasteiger partial charge on any atom is 0.341 e. The van der Waals surface area contributed by atoms with Crippen LogP contribution >= 0.6 is 11.3 Å². The topological polar surface area (TPSA) is 97.1 Å². The third kappa shape index (κ3) is 3.38. The van der Waals surface area contributed by atoms with Crippen LogP contribution in [0.15, 0.2) is 41.8 Å². The van der Waals surface area contributed by atoms with Gasteiger partial charge in [0.1, 0.15) is 29.1 Å². The van der Waals surface area contributed by atoms with Crippen molar-refractivity contribution >= 4 is 54.9 Å². The summed E-state index contributed by atoms with van der Waals surface area (Å²) in [6.07, 6.45) is 1.24. The number of pyridine rings is 1. The number of ether oxygens (including phenoxy) is 2. The fourth-order valence-corrected chi connectivity index (χ4v) is 5.80. The number of anilines is 2. The van der Waals surface area contributed by atoms with Crippen molar-refractivity contribution in [2.75, 3.05) is 49.7 Å². The molecule has 0 unspecified atom stereocenters. The number of carbonyl (C=O) groups is 1. The van der Waals surface area contributed by atoms with Gasteiger partial charge in [-0.25, -0.2) is 14.2 Å². The Labute approximate surface area is 208 Å². The molecule has 6 rings (SSSR count). The zero-order valence-corrected chi connectivity index (χ0v) is 20.1. The summed E-state index contributed by atoms with van der Waals surface area (Å²) in [7, 11) is 1.63. The van der Waals surface area contributed by atoms with Gasteiger partial charge in [-0.1, -0.05) is 17.9 Å². The summed E-state index contributed by atoms with van der Waals surface area (Å²) in [5.74, 6) is -0.996. The van der Waals surface area contributed by atoms with Crippen molar-refractivity contribution in [3.05, 3.63) is 58.6 Å². The smallest absolute Gasteiger partial charge is 0.341 e. The molecule has 1 saturated heterocycles. The van der Waals surface area contributed by atoms with Crippen LogP contribution in [0.4, 0.5) is 15.2 Å². The van der Waals surface area contributed by atoms with Crippen LogP contribution < -0.4 is 24.7 Å². The summed E-state index contributed by atoms with van der Waals surface area (Å²) < 4.78 is 29.2. The number of methoxy groups -OCH3 is 1. The number of hydrogen-bond acceptors (Lipinski definition) is 8. The van der Waals surface area contributed by atoms with E-state index in [-0.39, 0.29) is 23.4 Å². The summed E-state index contributed by atoms with van der Waals surface area (Å²) in [6.45, 7) is 6.23. The minimum absolute atomic E-state index is 0.0458. The Morgan fingerprint density at radius 2 is 1.97 bits per heavy atom. The number of carboxylic acid groups (broad SMARTS) is 1. The van der Waals surface area contributed by atoms with Gasteiger partial charge in [0.2, 0.25) is 5.43 Å². The molecule has 184 valence electrons. The predicted octanol–water partition coefficient (Wildman–Crippen LogP) is 3.65. The van der Waals surface area contributed by atoms with E-state index in [9.17, 15) is 14.7 Å². The third-order valence-electron chi connectivity index (χ3n) is 6.58. The van der Waals surface area contributed by atoms with Crippen LogP contribution in [0.3, 0.4) is 0 Å². The number of aromatic nitrogens is 2. The zero-order valence-electron chi connectivity index (χ0n) is 19.3. The summed E-state index contributed by atoms with van der Waals surface area (Å²) >= 11 is 1.58. The molecule has 4 aromatic rings. The normalized spacial score (nSPS) is 15.4. The second-order valence-electron chi connectivity index (χ2n) is 8.64. The van der Waals surface area contributed by atoms with Crippen LogP contribution in [0.2, 0.25) is 0 Å². The predicted molar refractivity (Wildman–Crippen MR) is 137 cm³/mol. The van der Waals surface area contributed by atoms with Crippen LogP contribution in [0.1, 0.15) is 10.4 Å². The fraction of sp³-hybridized carbons (Fsp3) is 0.240. The molecule has 0 bridgehead atoms. The number of carboxylic acids is 1. The first kappa shape index (κ1) is 22.4. The number of fused-ring (bicyclic) bond motifs is 1. The molecule has 2 aliphatic rings. The second kappa shape index (κ2) is 8.23. The van der Waals surface area contributed by atoms with Gasteiger partial charge in [-0.05, 0) is 24.3 Å². The SMILES string of the molecule is C=C1COc2c(N3CCN(c4nc5ccc(OC)cc5s4)CC3)c(F)cc3c(=O)c(C(=O)O)cn1c23. The van der Waals surface area contributed by atoms with Crippen molar-refractivity contribution in [2.45, 2.75) is 0 Å². The van der Waals surface area contributed by atoms with Gasteiger partial charge in [0.05, 0.1) is 28.4 Å². The molecule has 0 radical (unpaired) electrons. The molecule has 2 aliphatic heterocycles. The Kier molecular flexibility index (Phi) is 5.11. The van der Waals surface area contributed by atoms with Crippen LogP contribution in [0, 0.1) is 5.82 Å². The first-order valence-electron chi connectivity index (χ1n) is 11.3. The number of aromatic carboxylic acids is 1. The van der Waals surface area contributed by atoms with Crippen molar-refractivity contribution in [3.8, 4) is 11.5 Å². The Balaban J connectivity index is 1.35. The number of thiazole rings is 1. The molecule has 11 heteroatoms. The van der Waals surface area contributed by atoms with Crippen LogP contribution in [0.25, 0.3) is 26.8 Å². The average Bonchev–Trinajstić information content (AvgIpc) is 3.30. The van der Waals surface area contributed by atoms with Gasteiger partial charge in [-0.15, -0.1) is 0 Å². The number of rotatable bonds is 4. The maximum atomic E-state index is 15.5. The maximum absolute atomic E-state index is 15.5. The molecular weight excluding hydrogens is 487 g/mol. The van der Waals surface area contributed by atoms with Crippen LogP contribution in [-0.2, 0) is 0 Å². The Morgan fingerprint density at radius 3 is 2.69 bits per heavy atom. The molecule has 36 heavy (non-hydrogen) atoms. The molecule has 0 saturated carbocycles. The van der Waals surface area contributed by atoms with Gasteiger partial charge >= 0.3 is 5.97 Å². The molecule has 1 N–H and O–H groups in total. The fourth-order valence-electron chi connectivity index (χ4n) is 4.75. The zero-order chi connectivity index (χ0) is 25.1. The highest BCUT2D eigenvalue weighted by Crippen LogP contribution is 2.42. The van der Waals surface area contributed by atoms with Gasteiger partial charge in [0, 0.05) is 32.4 Å². The molecule has 2 aromatic heterocycles. The lowest BCUT2D eigenvalue weighted by Gasteiger charge is -2.37. The molecule has 0 amide bonds. The van der Waals surface area contributed by atoms with Gasteiger partial charge in [0.15, 0.2) is 16.7 Å². The number of piperazine rings is 1. The number of nitrogens with zero attached hydrogens (tertiary/aromatic N) is 4. The molecule has 1 fully saturated rings. The first-order chi connectivity index (χ1) is 17.4. The van der Waals surface area contributed by atoms with E-state index in [1.165, 1.54) is 10.8 Å². The van der Waals surface area contributed by atoms with Crippen molar-refractivity contribution in [3.63, 3.8) is 0 Å². The molecular formula is C25H21FN4O5S. The van der Waals surface area contributed by atoms with Gasteiger partial charge in [-0.2, -0.15) is 0 Å². The standard InChI is InChI=1S/C25H21FN4O5S/c1-13-12-35-23-20-15(22(31)16(24(32)33)11-30(13)20)10-17(26)21(23)28-5-7-29(8-6-28)25-27-18-4-3-14(34-2)9-19(18)36-25/h3-4,9-11H,1,5-8,12H2,2H3,(H,32,33). The second-order valence-corrected chi connectivity index (χ2v) is 9.65. The first-order valence-corrected chi connectivity index (χ1v) is 12.1. The quantitative estimate of drug-likeness (QED) is 0.446. The average molecular weight is 509 g/mol. The van der Waals surface area contributed by atoms with Crippen molar-refractivity contribution in [1.29, 1.82) is 0 Å². The highest BCUT2D eigenvalue weighted by molar-refractivity contribution is 7.22. The monoisotopic (exact) mass is 508 g/mol. The van der Waals surface area contributed by atoms with Crippen molar-refractivity contribution in [1.82, 2.24) is 9.55 Å². The summed E-state index contributed by atoms with van der Waals surface area (Å²) in [5.41, 5.74) is 0.766. The lowest BCUT2D eigenvalue weighted by Crippen LogP contribution is -2.47. The minimum atomic E-state index is -1.37. The molecule has 0 aliphatic carbocycles. The lowest BCUT2D eigenvalue weighted by molar-refractivity contribution is 0.0695. The Hall–Kier alpha value is -4.12. The molecule has 0 atom stereocenters. The van der Waals surface area contributed by atoms with Crippen LogP contribution in [0.5, 0.6) is 11.5 Å². The highest BCUT2D eigenvalue weighted by atomic mass is 32.1. The minimum Gasteiger partial charge on any atom is -0.497 e. The Morgan fingerprint density at radius 1 is 1.22 bits per heavy atom. The van der Waals surface area contributed by atoms with E-state index in [4.69, 9.17) is 14.5 Å². The van der Waals surface area contributed by atoms with Gasteiger partial charge in [-0.3, -0.25) is 4.79 Å². The molecule has 9 nitrogen and oxygen atoms in total. The highest BCUT2D eigenvalue weighted by Gasteiger charge is 2.31. The number of benzene rings is 2. The van der Waals surface area contributed by atoms with E-state index in [1.54, 1.807) is 18.4 Å². The summed E-state index contributed by atoms with van der Waals surface area (Å²) in [4.78, 5) is 33.2. The number of hydrogen-bond donors (Lipinski definition) is 1. The van der Waals surface area contributed by atoms with E-state index in [2.05, 4.69) is 11.5 Å². The van der Waals surface area contributed by atoms with Crippen molar-refractivity contribution < 1.29 is 23.8 Å². The van der Waals surface area contributed by atoms with Crippen LogP contribution in [-0.4, -0.2) is 60.5 Å². The van der Waals surface area contributed by atoms with E-state index in [0.29, 0.717) is 37.4 Å². The van der Waals surface area contributed by atoms with Gasteiger partial charge < -0.3 is 28.9 Å². The summed E-state index contributed by atoms with van der Waals surface area (Å²) in [6, 6.07) is 6.88. The largest absolute Gasteiger partial charge is 0.497 e. The third-order valence-corrected chi connectivity index (χ3v) is 7.65.